The molecule has 3 saturated heterocycles. The molecule has 0 unspecified atom stereocenters. The highest BCUT2D eigenvalue weighted by molar-refractivity contribution is 5.27. The van der Waals surface area contributed by atoms with Crippen LogP contribution in [0.1, 0.15) is 44.2 Å². The Kier molecular flexibility index (Phi) is 7.04. The van der Waals surface area contributed by atoms with Crippen molar-refractivity contribution in [3.8, 4) is 5.75 Å². The van der Waals surface area contributed by atoms with Gasteiger partial charge in [-0.25, -0.2) is 4.39 Å². The highest BCUT2D eigenvalue weighted by atomic mass is 19.1. The van der Waals surface area contributed by atoms with Crippen LogP contribution in [0, 0.1) is 11.7 Å². The van der Waals surface area contributed by atoms with E-state index in [0.29, 0.717) is 12.5 Å². The van der Waals surface area contributed by atoms with Crippen molar-refractivity contribution < 1.29 is 9.13 Å². The summed E-state index contributed by atoms with van der Waals surface area (Å²) in [6, 6.07) is 15.2. The van der Waals surface area contributed by atoms with Gasteiger partial charge in [0.2, 0.25) is 0 Å². The molecule has 3 aliphatic rings. The maximum Gasteiger partial charge on any atom is 0.123 e. The number of nitrogens with one attached hydrogen (secondary N) is 1. The Bertz CT molecular complexity index is 872. The van der Waals surface area contributed by atoms with Gasteiger partial charge in [0.1, 0.15) is 11.6 Å². The van der Waals surface area contributed by atoms with Gasteiger partial charge in [0.25, 0.3) is 0 Å². The van der Waals surface area contributed by atoms with Crippen molar-refractivity contribution in [1.82, 2.24) is 15.1 Å². The third-order valence-corrected chi connectivity index (χ3v) is 6.84. The smallest absolute Gasteiger partial charge is 0.123 e. The number of hydrogen-bond acceptors (Lipinski definition) is 4. The number of benzene rings is 2. The van der Waals surface area contributed by atoms with Crippen LogP contribution in [0.4, 0.5) is 4.39 Å². The largest absolute Gasteiger partial charge is 0.493 e. The third kappa shape index (κ3) is 5.44. The fraction of sp³-hybridized carbons (Fsp3) is 0.481. The Morgan fingerprint density at radius 3 is 2.22 bits per heavy atom. The zero-order valence-corrected chi connectivity index (χ0v) is 19.4. The second-order valence-electron chi connectivity index (χ2n) is 9.68. The van der Waals surface area contributed by atoms with Crippen molar-refractivity contribution in [2.45, 2.75) is 51.7 Å². The molecule has 3 heterocycles. The molecule has 0 saturated carbocycles. The van der Waals surface area contributed by atoms with Crippen molar-refractivity contribution in [2.24, 2.45) is 5.92 Å². The quantitative estimate of drug-likeness (QED) is 0.556. The summed E-state index contributed by atoms with van der Waals surface area (Å²) in [5, 5.41) is 3.58. The first-order valence-corrected chi connectivity index (χ1v) is 11.8. The Morgan fingerprint density at radius 1 is 1.03 bits per heavy atom. The molecule has 5 rings (SSSR count). The zero-order valence-electron chi connectivity index (χ0n) is 19.4. The van der Waals surface area contributed by atoms with E-state index in [9.17, 15) is 4.39 Å². The van der Waals surface area contributed by atoms with Gasteiger partial charge in [-0.3, -0.25) is 0 Å². The number of fused-ring (bicyclic) bond motifs is 3. The second kappa shape index (κ2) is 9.95. The van der Waals surface area contributed by atoms with E-state index < -0.39 is 0 Å². The molecule has 2 bridgehead atoms. The lowest BCUT2D eigenvalue weighted by molar-refractivity contribution is -0.0209. The van der Waals surface area contributed by atoms with Gasteiger partial charge in [0.05, 0.1) is 12.4 Å². The van der Waals surface area contributed by atoms with Crippen molar-refractivity contribution in [3.05, 3.63) is 77.9 Å². The van der Waals surface area contributed by atoms with E-state index in [1.807, 2.05) is 24.3 Å². The molecule has 0 amide bonds. The van der Waals surface area contributed by atoms with Crippen LogP contribution in [0.25, 0.3) is 0 Å². The summed E-state index contributed by atoms with van der Waals surface area (Å²) in [6.07, 6.45) is 3.45. The molecular formula is C27H36FN3O. The fourth-order valence-corrected chi connectivity index (χ4v) is 4.80. The van der Waals surface area contributed by atoms with Gasteiger partial charge in [-0.1, -0.05) is 44.7 Å². The van der Waals surface area contributed by atoms with Gasteiger partial charge < -0.3 is 19.9 Å². The van der Waals surface area contributed by atoms with Crippen LogP contribution >= 0.6 is 0 Å². The van der Waals surface area contributed by atoms with E-state index in [4.69, 9.17) is 4.74 Å². The predicted octanol–water partition coefficient (Wildman–Crippen LogP) is 5.16. The molecule has 0 aromatic heterocycles. The van der Waals surface area contributed by atoms with Crippen LogP contribution < -0.4 is 10.1 Å². The van der Waals surface area contributed by atoms with Crippen LogP contribution in [0.2, 0.25) is 0 Å². The van der Waals surface area contributed by atoms with E-state index in [0.717, 1.165) is 69.2 Å². The molecule has 0 radical (unpaired) electrons. The number of rotatable bonds is 10. The van der Waals surface area contributed by atoms with Crippen molar-refractivity contribution in [2.75, 3.05) is 26.2 Å². The Hall–Kier alpha value is -2.53. The predicted molar refractivity (Wildman–Crippen MR) is 128 cm³/mol. The minimum absolute atomic E-state index is 0.127. The van der Waals surface area contributed by atoms with Gasteiger partial charge in [0, 0.05) is 38.3 Å². The lowest BCUT2D eigenvalue weighted by Gasteiger charge is -2.55. The van der Waals surface area contributed by atoms with E-state index >= 15 is 0 Å². The highest BCUT2D eigenvalue weighted by Crippen LogP contribution is 2.39. The Morgan fingerprint density at radius 2 is 1.62 bits per heavy atom. The molecule has 2 aromatic carbocycles. The van der Waals surface area contributed by atoms with Crippen molar-refractivity contribution in [1.29, 1.82) is 0 Å². The standard InChI is InChI=1S/C27H36FN3O/c1-21(2)20-32-26-10-6-23(7-11-26)18-29-22(3)31(19-24-4-8-25(28)9-5-24)27-12-15-30(16-13-27)17-14-27/h4-11,21,29H,3,12-20H2,1-2H3. The van der Waals surface area contributed by atoms with E-state index in [1.165, 1.54) is 5.56 Å². The van der Waals surface area contributed by atoms with Crippen molar-refractivity contribution in [3.63, 3.8) is 0 Å². The topological polar surface area (TPSA) is 27.7 Å². The molecule has 1 N–H and O–H groups in total. The summed E-state index contributed by atoms with van der Waals surface area (Å²) in [5.74, 6) is 2.18. The van der Waals surface area contributed by atoms with Gasteiger partial charge >= 0.3 is 0 Å². The highest BCUT2D eigenvalue weighted by Gasteiger charge is 2.44. The first-order valence-electron chi connectivity index (χ1n) is 11.8. The molecular weight excluding hydrogens is 401 g/mol. The van der Waals surface area contributed by atoms with Crippen molar-refractivity contribution >= 4 is 0 Å². The van der Waals surface area contributed by atoms with E-state index in [-0.39, 0.29) is 11.4 Å². The molecule has 0 atom stereocenters. The first kappa shape index (κ1) is 22.7. The van der Waals surface area contributed by atoms with Gasteiger partial charge in [-0.2, -0.15) is 0 Å². The average Bonchev–Trinajstić information content (AvgIpc) is 2.82. The number of nitrogens with zero attached hydrogens (tertiary/aromatic N) is 2. The first-order chi connectivity index (χ1) is 15.4. The summed E-state index contributed by atoms with van der Waals surface area (Å²) in [6.45, 7) is 14.4. The molecule has 5 heteroatoms. The molecule has 0 spiro atoms. The number of hydrogen-bond donors (Lipinski definition) is 1. The molecule has 0 aliphatic carbocycles. The number of halogens is 1. The minimum Gasteiger partial charge on any atom is -0.493 e. The molecule has 172 valence electrons. The van der Waals surface area contributed by atoms with E-state index in [2.05, 4.69) is 47.7 Å². The monoisotopic (exact) mass is 437 g/mol. The summed E-state index contributed by atoms with van der Waals surface area (Å²) in [7, 11) is 0. The second-order valence-corrected chi connectivity index (χ2v) is 9.68. The average molecular weight is 438 g/mol. The Balaban J connectivity index is 1.43. The van der Waals surface area contributed by atoms with Crippen LogP contribution in [-0.4, -0.2) is 41.6 Å². The molecule has 3 fully saturated rings. The lowest BCUT2D eigenvalue weighted by Crippen LogP contribution is -2.61. The summed E-state index contributed by atoms with van der Waals surface area (Å²) in [4.78, 5) is 5.01. The Labute approximate surface area is 192 Å². The van der Waals surface area contributed by atoms with Crippen LogP contribution in [0.5, 0.6) is 5.75 Å². The van der Waals surface area contributed by atoms with Crippen LogP contribution in [-0.2, 0) is 13.1 Å². The minimum atomic E-state index is -0.192. The SMILES string of the molecule is C=C(NCc1ccc(OCC(C)C)cc1)N(Cc1ccc(F)cc1)C12CCN(CC1)CC2. The zero-order chi connectivity index (χ0) is 22.6. The lowest BCUT2D eigenvalue weighted by atomic mass is 9.78. The molecule has 2 aromatic rings. The van der Waals surface area contributed by atoms with Crippen LogP contribution in [0.3, 0.4) is 0 Å². The van der Waals surface area contributed by atoms with E-state index in [1.54, 1.807) is 12.1 Å². The number of piperidine rings is 3. The summed E-state index contributed by atoms with van der Waals surface area (Å²) >= 11 is 0. The molecule has 4 nitrogen and oxygen atoms in total. The summed E-state index contributed by atoms with van der Waals surface area (Å²) in [5.41, 5.74) is 2.44. The number of ether oxygens (including phenoxy) is 1. The maximum atomic E-state index is 13.5. The summed E-state index contributed by atoms with van der Waals surface area (Å²) < 4.78 is 19.2. The molecule has 32 heavy (non-hydrogen) atoms. The van der Waals surface area contributed by atoms with Gasteiger partial charge in [-0.15, -0.1) is 0 Å². The maximum absolute atomic E-state index is 13.5. The molecule has 3 aliphatic heterocycles. The normalized spacial score (nSPS) is 22.1. The fourth-order valence-electron chi connectivity index (χ4n) is 4.80. The third-order valence-electron chi connectivity index (χ3n) is 6.84. The van der Waals surface area contributed by atoms with Gasteiger partial charge in [-0.05, 0) is 60.6 Å². The van der Waals surface area contributed by atoms with Gasteiger partial charge in [0.15, 0.2) is 0 Å². The van der Waals surface area contributed by atoms with Crippen LogP contribution in [0.15, 0.2) is 60.9 Å².